The number of carbonyl (C=O) groups is 1. The van der Waals surface area contributed by atoms with Crippen LogP contribution in [0.5, 0.6) is 0 Å². The zero-order valence-corrected chi connectivity index (χ0v) is 12.1. The van der Waals surface area contributed by atoms with Crippen LogP contribution in [-0.2, 0) is 16.1 Å². The first-order valence-corrected chi connectivity index (χ1v) is 7.26. The van der Waals surface area contributed by atoms with Gasteiger partial charge in [-0.1, -0.05) is 11.6 Å². The largest absolute Gasteiger partial charge is 0.469 e. The molecule has 1 saturated carbocycles. The maximum Gasteiger partial charge on any atom is 0.306 e. The van der Waals surface area contributed by atoms with E-state index in [0.29, 0.717) is 17.0 Å². The van der Waals surface area contributed by atoms with E-state index in [1.165, 1.54) is 25.2 Å². The lowest BCUT2D eigenvalue weighted by Gasteiger charge is -2.14. The number of thioether (sulfide) groups is 1. The zero-order valence-electron chi connectivity index (χ0n) is 10.6. The second kappa shape index (κ2) is 6.07. The van der Waals surface area contributed by atoms with Crippen LogP contribution < -0.4 is 0 Å². The Morgan fingerprint density at radius 1 is 1.58 bits per heavy atom. The minimum atomic E-state index is -0.188. The first kappa shape index (κ1) is 14.6. The molecule has 1 aromatic rings. The van der Waals surface area contributed by atoms with Gasteiger partial charge in [-0.2, -0.15) is 0 Å². The van der Waals surface area contributed by atoms with Crippen LogP contribution in [0, 0.1) is 5.41 Å². The number of aliphatic hydroxyl groups is 1. The standard InChI is InChI=1S/C12H15ClN2O3S/c1-18-9(17)4-12(2-3-12)6-19-11-8(5-16)10(13)14-7-15-11/h7,16H,2-6H2,1H3. The molecule has 0 spiro atoms. The lowest BCUT2D eigenvalue weighted by molar-refractivity contribution is -0.141. The fourth-order valence-electron chi connectivity index (χ4n) is 1.78. The Hall–Kier alpha value is -0.850. The average Bonchev–Trinajstić information content (AvgIpc) is 3.16. The van der Waals surface area contributed by atoms with Crippen LogP contribution in [0.4, 0.5) is 0 Å². The van der Waals surface area contributed by atoms with Crippen LogP contribution in [-0.4, -0.2) is 33.9 Å². The van der Waals surface area contributed by atoms with E-state index in [1.54, 1.807) is 0 Å². The highest BCUT2D eigenvalue weighted by Gasteiger charge is 2.44. The molecule has 7 heteroatoms. The molecule has 1 N–H and O–H groups in total. The Morgan fingerprint density at radius 2 is 2.32 bits per heavy atom. The van der Waals surface area contributed by atoms with E-state index in [2.05, 4.69) is 9.97 Å². The molecule has 0 amide bonds. The summed E-state index contributed by atoms with van der Waals surface area (Å²) in [6, 6.07) is 0. The Morgan fingerprint density at radius 3 is 2.89 bits per heavy atom. The van der Waals surface area contributed by atoms with Crippen LogP contribution in [0.15, 0.2) is 11.4 Å². The van der Waals surface area contributed by atoms with Gasteiger partial charge in [-0.15, -0.1) is 11.8 Å². The summed E-state index contributed by atoms with van der Waals surface area (Å²) in [6.07, 6.45) is 3.85. The topological polar surface area (TPSA) is 72.3 Å². The van der Waals surface area contributed by atoms with Crippen LogP contribution in [0.25, 0.3) is 0 Å². The SMILES string of the molecule is COC(=O)CC1(CSc2ncnc(Cl)c2CO)CC1. The summed E-state index contributed by atoms with van der Waals surface area (Å²) in [4.78, 5) is 19.3. The summed E-state index contributed by atoms with van der Waals surface area (Å²) in [5, 5.41) is 10.2. The predicted molar refractivity (Wildman–Crippen MR) is 72.0 cm³/mol. The average molecular weight is 303 g/mol. The lowest BCUT2D eigenvalue weighted by Crippen LogP contribution is -2.13. The second-order valence-corrected chi connectivity index (χ2v) is 5.97. The van der Waals surface area contributed by atoms with Crippen LogP contribution in [0.2, 0.25) is 5.15 Å². The molecule has 1 fully saturated rings. The third-order valence-corrected chi connectivity index (χ3v) is 4.94. The van der Waals surface area contributed by atoms with E-state index in [9.17, 15) is 9.90 Å². The number of carbonyl (C=O) groups excluding carboxylic acids is 1. The Bertz CT molecular complexity index is 480. The fraction of sp³-hybridized carbons (Fsp3) is 0.583. The van der Waals surface area contributed by atoms with Crippen molar-refractivity contribution in [3.8, 4) is 0 Å². The molecule has 0 aliphatic heterocycles. The third kappa shape index (κ3) is 3.58. The molecule has 0 bridgehead atoms. The first-order valence-electron chi connectivity index (χ1n) is 5.90. The van der Waals surface area contributed by atoms with Gasteiger partial charge in [0.25, 0.3) is 0 Å². The van der Waals surface area contributed by atoms with Gasteiger partial charge in [0.15, 0.2) is 0 Å². The number of hydrogen-bond donors (Lipinski definition) is 1. The number of halogens is 1. The van der Waals surface area contributed by atoms with Crippen molar-refractivity contribution < 1.29 is 14.6 Å². The van der Waals surface area contributed by atoms with Crippen molar-refractivity contribution in [1.29, 1.82) is 0 Å². The molecule has 1 heterocycles. The van der Waals surface area contributed by atoms with Crippen molar-refractivity contribution >= 4 is 29.3 Å². The van der Waals surface area contributed by atoms with Gasteiger partial charge < -0.3 is 9.84 Å². The summed E-state index contributed by atoms with van der Waals surface area (Å²) in [7, 11) is 1.40. The molecule has 0 aromatic carbocycles. The molecule has 104 valence electrons. The van der Waals surface area contributed by atoms with Gasteiger partial charge in [0.2, 0.25) is 0 Å². The van der Waals surface area contributed by atoms with Gasteiger partial charge in [-0.25, -0.2) is 9.97 Å². The fourth-order valence-corrected chi connectivity index (χ4v) is 3.32. The Balaban J connectivity index is 1.99. The molecule has 1 aliphatic carbocycles. The lowest BCUT2D eigenvalue weighted by atomic mass is 10.1. The molecule has 1 aliphatic rings. The van der Waals surface area contributed by atoms with Crippen molar-refractivity contribution in [2.45, 2.75) is 30.9 Å². The van der Waals surface area contributed by atoms with Gasteiger partial charge in [0.05, 0.1) is 20.1 Å². The molecule has 0 radical (unpaired) electrons. The number of nitrogens with zero attached hydrogens (tertiary/aromatic N) is 2. The molecule has 0 unspecified atom stereocenters. The van der Waals surface area contributed by atoms with Gasteiger partial charge in [-0.05, 0) is 18.3 Å². The highest BCUT2D eigenvalue weighted by molar-refractivity contribution is 7.99. The minimum Gasteiger partial charge on any atom is -0.469 e. The molecule has 0 saturated heterocycles. The monoisotopic (exact) mass is 302 g/mol. The molecule has 5 nitrogen and oxygen atoms in total. The normalized spacial score (nSPS) is 16.2. The number of methoxy groups -OCH3 is 1. The van der Waals surface area contributed by atoms with E-state index in [0.717, 1.165) is 18.6 Å². The van der Waals surface area contributed by atoms with Crippen molar-refractivity contribution in [3.63, 3.8) is 0 Å². The highest BCUT2D eigenvalue weighted by Crippen LogP contribution is 2.52. The summed E-state index contributed by atoms with van der Waals surface area (Å²) in [6.45, 7) is -0.188. The number of aromatic nitrogens is 2. The van der Waals surface area contributed by atoms with Crippen molar-refractivity contribution in [2.75, 3.05) is 12.9 Å². The van der Waals surface area contributed by atoms with E-state index in [-0.39, 0.29) is 23.1 Å². The molecule has 2 rings (SSSR count). The summed E-state index contributed by atoms with van der Waals surface area (Å²) < 4.78 is 4.71. The van der Waals surface area contributed by atoms with E-state index >= 15 is 0 Å². The van der Waals surface area contributed by atoms with E-state index in [1.807, 2.05) is 0 Å². The molecule has 1 aromatic heterocycles. The van der Waals surface area contributed by atoms with Crippen LogP contribution in [0.1, 0.15) is 24.8 Å². The van der Waals surface area contributed by atoms with Crippen molar-refractivity contribution in [3.05, 3.63) is 17.0 Å². The van der Waals surface area contributed by atoms with Crippen LogP contribution in [0.3, 0.4) is 0 Å². The highest BCUT2D eigenvalue weighted by atomic mass is 35.5. The van der Waals surface area contributed by atoms with Crippen LogP contribution >= 0.6 is 23.4 Å². The summed E-state index contributed by atoms with van der Waals surface area (Å²) in [5.41, 5.74) is 0.560. The number of esters is 1. The van der Waals surface area contributed by atoms with Gasteiger partial charge in [0, 0.05) is 11.3 Å². The second-order valence-electron chi connectivity index (χ2n) is 4.65. The molecule has 0 atom stereocenters. The smallest absolute Gasteiger partial charge is 0.306 e. The van der Waals surface area contributed by atoms with Crippen molar-refractivity contribution in [2.24, 2.45) is 5.41 Å². The molecule has 19 heavy (non-hydrogen) atoms. The number of hydrogen-bond acceptors (Lipinski definition) is 6. The molecular weight excluding hydrogens is 288 g/mol. The number of rotatable bonds is 6. The first-order chi connectivity index (χ1) is 9.10. The maximum absolute atomic E-state index is 11.3. The number of aliphatic hydroxyl groups excluding tert-OH is 1. The third-order valence-electron chi connectivity index (χ3n) is 3.23. The zero-order chi connectivity index (χ0) is 13.9. The van der Waals surface area contributed by atoms with Gasteiger partial charge in [0.1, 0.15) is 16.5 Å². The van der Waals surface area contributed by atoms with E-state index < -0.39 is 0 Å². The van der Waals surface area contributed by atoms with Gasteiger partial charge in [-0.3, -0.25) is 4.79 Å². The summed E-state index contributed by atoms with van der Waals surface area (Å²) >= 11 is 7.41. The van der Waals surface area contributed by atoms with E-state index in [4.69, 9.17) is 16.3 Å². The Kier molecular flexibility index (Phi) is 4.65. The van der Waals surface area contributed by atoms with Gasteiger partial charge >= 0.3 is 5.97 Å². The summed E-state index contributed by atoms with van der Waals surface area (Å²) in [5.74, 6) is 0.587. The quantitative estimate of drug-likeness (QED) is 0.493. The Labute approximate surface area is 120 Å². The maximum atomic E-state index is 11.3. The minimum absolute atomic E-state index is 0.0158. The van der Waals surface area contributed by atoms with Crippen molar-refractivity contribution in [1.82, 2.24) is 9.97 Å². The predicted octanol–water partition coefficient (Wildman–Crippen LogP) is 2.06. The number of ether oxygens (including phenoxy) is 1. The molecular formula is C12H15ClN2O3S.